The highest BCUT2D eigenvalue weighted by atomic mass is 16.6. The van der Waals surface area contributed by atoms with E-state index in [1.165, 1.54) is 0 Å². The molecule has 0 N–H and O–H groups in total. The summed E-state index contributed by atoms with van der Waals surface area (Å²) in [5.41, 5.74) is 0.183. The molecule has 1 aliphatic heterocycles. The first kappa shape index (κ1) is 8.88. The van der Waals surface area contributed by atoms with Crippen molar-refractivity contribution in [3.63, 3.8) is 0 Å². The summed E-state index contributed by atoms with van der Waals surface area (Å²) in [4.78, 5) is 14.0. The van der Waals surface area contributed by atoms with Gasteiger partial charge in [0.1, 0.15) is 5.70 Å². The van der Waals surface area contributed by atoms with E-state index in [4.69, 9.17) is 0 Å². The third kappa shape index (κ3) is 2.01. The first-order valence-corrected chi connectivity index (χ1v) is 3.16. The lowest BCUT2D eigenvalue weighted by atomic mass is 10.5. The van der Waals surface area contributed by atoms with Gasteiger partial charge in [-0.05, 0) is 0 Å². The molecule has 1 aliphatic rings. The molecule has 0 aliphatic carbocycles. The lowest BCUT2D eigenvalue weighted by Crippen LogP contribution is -1.98. The van der Waals surface area contributed by atoms with Crippen molar-refractivity contribution < 1.29 is 9.53 Å². The van der Waals surface area contributed by atoms with Gasteiger partial charge in [-0.25, -0.2) is 9.79 Å². The van der Waals surface area contributed by atoms with Crippen molar-refractivity contribution in [3.8, 4) is 0 Å². The van der Waals surface area contributed by atoms with Crippen LogP contribution in [-0.2, 0) is 9.53 Å². The van der Waals surface area contributed by atoms with E-state index in [0.717, 1.165) is 0 Å². The van der Waals surface area contributed by atoms with Crippen LogP contribution in [0.25, 0.3) is 0 Å². The standard InChI is InChI=1S/C5H5NO2.C2H6/c1-3-5(7)8-4(2)6-3;1-2/h1H2,2H3;1-2H3. The minimum atomic E-state index is -0.442. The van der Waals surface area contributed by atoms with Gasteiger partial charge in [0.05, 0.1) is 0 Å². The molecule has 0 aromatic rings. The van der Waals surface area contributed by atoms with Gasteiger partial charge in [-0.2, -0.15) is 0 Å². The minimum absolute atomic E-state index is 0.183. The zero-order valence-corrected chi connectivity index (χ0v) is 6.47. The van der Waals surface area contributed by atoms with Gasteiger partial charge in [-0.15, -0.1) is 0 Å². The Hall–Kier alpha value is -1.12. The van der Waals surface area contributed by atoms with Crippen LogP contribution in [0, 0.1) is 0 Å². The number of rotatable bonds is 0. The molecule has 1 heterocycles. The second-order valence-electron chi connectivity index (χ2n) is 1.47. The summed E-state index contributed by atoms with van der Waals surface area (Å²) in [5, 5.41) is 0. The zero-order valence-electron chi connectivity index (χ0n) is 6.47. The van der Waals surface area contributed by atoms with Gasteiger partial charge >= 0.3 is 5.97 Å². The van der Waals surface area contributed by atoms with E-state index in [9.17, 15) is 4.79 Å². The lowest BCUT2D eigenvalue weighted by Gasteiger charge is -1.84. The summed E-state index contributed by atoms with van der Waals surface area (Å²) < 4.78 is 4.48. The molecule has 0 saturated carbocycles. The van der Waals surface area contributed by atoms with Crippen LogP contribution in [0.15, 0.2) is 17.3 Å². The van der Waals surface area contributed by atoms with Crippen LogP contribution in [0.2, 0.25) is 0 Å². The largest absolute Gasteiger partial charge is 0.407 e. The predicted octanol–water partition coefficient (Wildman–Crippen LogP) is 1.50. The third-order valence-electron chi connectivity index (χ3n) is 0.768. The van der Waals surface area contributed by atoms with Gasteiger partial charge in [-0.3, -0.25) is 0 Å². The number of aliphatic imine (C=N–C) groups is 1. The van der Waals surface area contributed by atoms with Crippen molar-refractivity contribution in [1.82, 2.24) is 0 Å². The normalized spacial score (nSPS) is 15.3. The second kappa shape index (κ2) is 3.82. The zero-order chi connectivity index (χ0) is 8.15. The number of hydrogen-bond donors (Lipinski definition) is 0. The molecular weight excluding hydrogens is 130 g/mol. The number of ether oxygens (including phenoxy) is 1. The van der Waals surface area contributed by atoms with Gasteiger partial charge in [-0.1, -0.05) is 20.4 Å². The molecule has 56 valence electrons. The third-order valence-corrected chi connectivity index (χ3v) is 0.768. The number of hydrogen-bond acceptors (Lipinski definition) is 3. The summed E-state index contributed by atoms with van der Waals surface area (Å²) >= 11 is 0. The van der Waals surface area contributed by atoms with E-state index in [1.807, 2.05) is 13.8 Å². The molecule has 0 atom stereocenters. The highest BCUT2D eigenvalue weighted by Gasteiger charge is 2.16. The average Bonchev–Trinajstić information content (AvgIpc) is 2.16. The van der Waals surface area contributed by atoms with Gasteiger partial charge in [0.2, 0.25) is 0 Å². The molecule has 0 aromatic heterocycles. The van der Waals surface area contributed by atoms with E-state index >= 15 is 0 Å². The number of cyclic esters (lactones) is 1. The predicted molar refractivity (Wildman–Crippen MR) is 39.7 cm³/mol. The van der Waals surface area contributed by atoms with Gasteiger partial charge in [0.25, 0.3) is 0 Å². The molecule has 0 amide bonds. The van der Waals surface area contributed by atoms with Crippen LogP contribution >= 0.6 is 0 Å². The van der Waals surface area contributed by atoms with E-state index in [2.05, 4.69) is 16.3 Å². The number of carbonyl (C=O) groups excluding carboxylic acids is 1. The smallest absolute Gasteiger partial charge is 0.362 e. The molecule has 0 bridgehead atoms. The number of nitrogens with zero attached hydrogens (tertiary/aromatic N) is 1. The Morgan fingerprint density at radius 3 is 2.10 bits per heavy atom. The SMILES string of the molecule is C=C1N=C(C)OC1=O.CC. The Balaban J connectivity index is 0.000000371. The highest BCUT2D eigenvalue weighted by molar-refractivity contribution is 6.03. The Labute approximate surface area is 60.4 Å². The molecule has 1 rings (SSSR count). The van der Waals surface area contributed by atoms with Crippen molar-refractivity contribution in [2.45, 2.75) is 20.8 Å². The van der Waals surface area contributed by atoms with Crippen LogP contribution in [0.4, 0.5) is 0 Å². The van der Waals surface area contributed by atoms with E-state index < -0.39 is 5.97 Å². The molecule has 0 aromatic carbocycles. The van der Waals surface area contributed by atoms with E-state index in [-0.39, 0.29) is 5.70 Å². The fourth-order valence-electron chi connectivity index (χ4n) is 0.452. The van der Waals surface area contributed by atoms with E-state index in [1.54, 1.807) is 6.92 Å². The van der Waals surface area contributed by atoms with Crippen molar-refractivity contribution in [2.75, 3.05) is 0 Å². The summed E-state index contributed by atoms with van der Waals surface area (Å²) in [7, 11) is 0. The van der Waals surface area contributed by atoms with Crippen LogP contribution in [0.5, 0.6) is 0 Å². The second-order valence-corrected chi connectivity index (χ2v) is 1.47. The Morgan fingerprint density at radius 2 is 2.00 bits per heavy atom. The van der Waals surface area contributed by atoms with E-state index in [0.29, 0.717) is 5.90 Å². The number of esters is 1. The Kier molecular flexibility index (Phi) is 3.39. The lowest BCUT2D eigenvalue weighted by molar-refractivity contribution is -0.130. The van der Waals surface area contributed by atoms with Crippen LogP contribution in [0.1, 0.15) is 20.8 Å². The molecule has 0 spiro atoms. The van der Waals surface area contributed by atoms with Crippen molar-refractivity contribution in [1.29, 1.82) is 0 Å². The van der Waals surface area contributed by atoms with Crippen LogP contribution in [-0.4, -0.2) is 11.9 Å². The van der Waals surface area contributed by atoms with Crippen molar-refractivity contribution in [3.05, 3.63) is 12.3 Å². The molecule has 10 heavy (non-hydrogen) atoms. The summed E-state index contributed by atoms with van der Waals surface area (Å²) in [6.07, 6.45) is 0. The molecular formula is C7H11NO2. The summed E-state index contributed by atoms with van der Waals surface area (Å²) in [6.45, 7) is 8.93. The van der Waals surface area contributed by atoms with Crippen molar-refractivity contribution >= 4 is 11.9 Å². The maximum absolute atomic E-state index is 10.3. The molecule has 3 nitrogen and oxygen atoms in total. The maximum atomic E-state index is 10.3. The monoisotopic (exact) mass is 141 g/mol. The first-order valence-electron chi connectivity index (χ1n) is 3.16. The van der Waals surface area contributed by atoms with Gasteiger partial charge in [0, 0.05) is 6.92 Å². The molecule has 0 unspecified atom stereocenters. The number of carbonyl (C=O) groups is 1. The molecule has 0 fully saturated rings. The fourth-order valence-corrected chi connectivity index (χ4v) is 0.452. The van der Waals surface area contributed by atoms with Gasteiger partial charge in [0.15, 0.2) is 5.90 Å². The van der Waals surface area contributed by atoms with Crippen LogP contribution < -0.4 is 0 Å². The average molecular weight is 141 g/mol. The maximum Gasteiger partial charge on any atom is 0.362 e. The summed E-state index contributed by atoms with van der Waals surface area (Å²) in [5.74, 6) is -0.0671. The van der Waals surface area contributed by atoms with Gasteiger partial charge < -0.3 is 4.74 Å². The highest BCUT2D eigenvalue weighted by Crippen LogP contribution is 2.05. The van der Waals surface area contributed by atoms with Crippen LogP contribution in [0.3, 0.4) is 0 Å². The molecule has 0 saturated heterocycles. The minimum Gasteiger partial charge on any atom is -0.407 e. The fraction of sp³-hybridized carbons (Fsp3) is 0.429. The molecule has 0 radical (unpaired) electrons. The van der Waals surface area contributed by atoms with Crippen molar-refractivity contribution in [2.24, 2.45) is 4.99 Å². The first-order chi connectivity index (χ1) is 4.70. The summed E-state index contributed by atoms with van der Waals surface area (Å²) in [6, 6.07) is 0. The Morgan fingerprint density at radius 1 is 1.50 bits per heavy atom. The Bertz CT molecular complexity index is 182. The quantitative estimate of drug-likeness (QED) is 0.379. The topological polar surface area (TPSA) is 38.7 Å². The molecule has 3 heteroatoms.